The Balaban J connectivity index is 2.14. The Morgan fingerprint density at radius 3 is 2.78 bits per heavy atom. The van der Waals surface area contributed by atoms with E-state index in [1.807, 2.05) is 0 Å². The van der Waals surface area contributed by atoms with Crippen LogP contribution in [0.25, 0.3) is 22.0 Å². The van der Waals surface area contributed by atoms with Gasteiger partial charge in [0.2, 0.25) is 0 Å². The van der Waals surface area contributed by atoms with Gasteiger partial charge in [-0.3, -0.25) is 0 Å². The number of aromatic nitrogens is 1. The summed E-state index contributed by atoms with van der Waals surface area (Å²) >= 11 is 0. The lowest BCUT2D eigenvalue weighted by Gasteiger charge is -2.03. The molecule has 0 spiro atoms. The molecule has 0 radical (unpaired) electrons. The number of benzene rings is 2. The molecule has 0 aliphatic heterocycles. The molecule has 3 aromatic rings. The largest absolute Gasteiger partial charge is 0.347 e. The van der Waals surface area contributed by atoms with Gasteiger partial charge >= 0.3 is 0 Å². The van der Waals surface area contributed by atoms with Gasteiger partial charge in [-0.05, 0) is 24.1 Å². The van der Waals surface area contributed by atoms with Gasteiger partial charge < -0.3 is 4.57 Å². The monoisotopic (exact) mass is 233 g/mol. The summed E-state index contributed by atoms with van der Waals surface area (Å²) in [6.45, 7) is 2.17. The molecule has 1 nitrogen and oxygen atoms in total. The second kappa shape index (κ2) is 3.26. The van der Waals surface area contributed by atoms with Gasteiger partial charge in [-0.25, -0.2) is 0 Å². The second-order valence-electron chi connectivity index (χ2n) is 5.24. The molecular weight excluding hydrogens is 218 g/mol. The topological polar surface area (TPSA) is 4.93 Å². The van der Waals surface area contributed by atoms with Crippen LogP contribution in [-0.2, 0) is 13.5 Å². The fourth-order valence-electron chi connectivity index (χ4n) is 3.25. The Bertz CT molecular complexity index is 778. The molecule has 0 atom stereocenters. The van der Waals surface area contributed by atoms with E-state index in [9.17, 15) is 0 Å². The predicted octanol–water partition coefficient (Wildman–Crippen LogP) is 4.06. The van der Waals surface area contributed by atoms with Crippen molar-refractivity contribution in [2.45, 2.75) is 13.3 Å². The summed E-state index contributed by atoms with van der Waals surface area (Å²) in [5.41, 5.74) is 8.49. The molecule has 1 aliphatic rings. The highest BCUT2D eigenvalue weighted by molar-refractivity contribution is 6.01. The highest BCUT2D eigenvalue weighted by atomic mass is 15.0. The van der Waals surface area contributed by atoms with Crippen LogP contribution in [0, 0.1) is 6.92 Å². The number of rotatable bonds is 0. The van der Waals surface area contributed by atoms with Crippen LogP contribution in [0.2, 0.25) is 0 Å². The van der Waals surface area contributed by atoms with Gasteiger partial charge in [-0.15, -0.1) is 0 Å². The van der Waals surface area contributed by atoms with Crippen LogP contribution in [0.4, 0.5) is 0 Å². The zero-order valence-corrected chi connectivity index (χ0v) is 10.7. The van der Waals surface area contributed by atoms with Crippen molar-refractivity contribution in [1.82, 2.24) is 4.57 Å². The number of hydrogen-bond donors (Lipinski definition) is 0. The molecule has 88 valence electrons. The third-order valence-corrected chi connectivity index (χ3v) is 4.12. The van der Waals surface area contributed by atoms with Crippen molar-refractivity contribution < 1.29 is 0 Å². The summed E-state index contributed by atoms with van der Waals surface area (Å²) in [7, 11) is 2.18. The van der Waals surface area contributed by atoms with Crippen molar-refractivity contribution in [3.8, 4) is 11.1 Å². The fraction of sp³-hybridized carbons (Fsp3) is 0.176. The molecule has 1 aliphatic carbocycles. The maximum Gasteiger partial charge on any atom is 0.0486 e. The Kier molecular flexibility index (Phi) is 1.80. The van der Waals surface area contributed by atoms with Crippen LogP contribution in [0.15, 0.2) is 42.5 Å². The first-order chi connectivity index (χ1) is 8.75. The van der Waals surface area contributed by atoms with Gasteiger partial charge in [0.25, 0.3) is 0 Å². The first-order valence-electron chi connectivity index (χ1n) is 6.42. The summed E-state index contributed by atoms with van der Waals surface area (Å²) in [4.78, 5) is 0. The van der Waals surface area contributed by atoms with E-state index < -0.39 is 0 Å². The maximum atomic E-state index is 2.35. The van der Waals surface area contributed by atoms with E-state index in [1.165, 1.54) is 38.9 Å². The highest BCUT2D eigenvalue weighted by Crippen LogP contribution is 2.42. The number of hydrogen-bond acceptors (Lipinski definition) is 0. The van der Waals surface area contributed by atoms with Crippen LogP contribution in [0.3, 0.4) is 0 Å². The summed E-state index contributed by atoms with van der Waals surface area (Å²) < 4.78 is 2.35. The van der Waals surface area contributed by atoms with Gasteiger partial charge in [0.1, 0.15) is 0 Å². The fourth-order valence-corrected chi connectivity index (χ4v) is 3.25. The van der Waals surface area contributed by atoms with Crippen LogP contribution < -0.4 is 0 Å². The third kappa shape index (κ3) is 1.11. The SMILES string of the molecule is Cc1ccc2c(c1)Cc1c-2c2ccccc2n1C. The Morgan fingerprint density at radius 1 is 1.06 bits per heavy atom. The minimum atomic E-state index is 1.07. The van der Waals surface area contributed by atoms with Crippen LogP contribution in [0.5, 0.6) is 0 Å². The second-order valence-corrected chi connectivity index (χ2v) is 5.24. The standard InChI is InChI=1S/C17H15N/c1-11-7-8-13-12(9-11)10-16-17(13)14-5-3-4-6-15(14)18(16)2/h3-9H,10H2,1-2H3. The molecule has 0 saturated heterocycles. The molecule has 0 fully saturated rings. The summed E-state index contributed by atoms with van der Waals surface area (Å²) in [5.74, 6) is 0. The van der Waals surface area contributed by atoms with Crippen LogP contribution in [0.1, 0.15) is 16.8 Å². The van der Waals surface area contributed by atoms with Gasteiger partial charge in [0, 0.05) is 35.6 Å². The maximum absolute atomic E-state index is 2.35. The molecule has 0 saturated carbocycles. The molecular formula is C17H15N. The van der Waals surface area contributed by atoms with E-state index >= 15 is 0 Å². The van der Waals surface area contributed by atoms with Crippen molar-refractivity contribution in [3.05, 3.63) is 59.3 Å². The van der Waals surface area contributed by atoms with E-state index in [2.05, 4.69) is 61.0 Å². The Morgan fingerprint density at radius 2 is 1.89 bits per heavy atom. The van der Waals surface area contributed by atoms with Crippen molar-refractivity contribution in [2.24, 2.45) is 7.05 Å². The lowest BCUT2D eigenvalue weighted by molar-refractivity contribution is 0.893. The molecule has 18 heavy (non-hydrogen) atoms. The molecule has 1 aromatic heterocycles. The van der Waals surface area contributed by atoms with Gasteiger partial charge in [-0.2, -0.15) is 0 Å². The minimum Gasteiger partial charge on any atom is -0.347 e. The Labute approximate surface area is 107 Å². The third-order valence-electron chi connectivity index (χ3n) is 4.12. The number of fused-ring (bicyclic) bond motifs is 5. The zero-order chi connectivity index (χ0) is 12.3. The van der Waals surface area contributed by atoms with E-state index in [0.29, 0.717) is 0 Å². The van der Waals surface area contributed by atoms with Crippen molar-refractivity contribution in [2.75, 3.05) is 0 Å². The van der Waals surface area contributed by atoms with Crippen molar-refractivity contribution >= 4 is 10.9 Å². The summed E-state index contributed by atoms with van der Waals surface area (Å²) in [6.07, 6.45) is 1.07. The minimum absolute atomic E-state index is 1.07. The average Bonchev–Trinajstić information content (AvgIpc) is 2.87. The number of nitrogens with zero attached hydrogens (tertiary/aromatic N) is 1. The molecule has 0 unspecified atom stereocenters. The Hall–Kier alpha value is -2.02. The first-order valence-corrected chi connectivity index (χ1v) is 6.42. The van der Waals surface area contributed by atoms with Crippen molar-refractivity contribution in [3.63, 3.8) is 0 Å². The van der Waals surface area contributed by atoms with E-state index in [4.69, 9.17) is 0 Å². The molecule has 2 aromatic carbocycles. The predicted molar refractivity (Wildman–Crippen MR) is 75.9 cm³/mol. The van der Waals surface area contributed by atoms with Gasteiger partial charge in [-0.1, -0.05) is 42.0 Å². The smallest absolute Gasteiger partial charge is 0.0486 e. The van der Waals surface area contributed by atoms with Crippen LogP contribution in [-0.4, -0.2) is 4.57 Å². The highest BCUT2D eigenvalue weighted by Gasteiger charge is 2.24. The number of aryl methyl sites for hydroxylation is 2. The normalized spacial score (nSPS) is 12.8. The van der Waals surface area contributed by atoms with E-state index in [-0.39, 0.29) is 0 Å². The molecule has 0 amide bonds. The summed E-state index contributed by atoms with van der Waals surface area (Å²) in [5, 5.41) is 1.39. The number of para-hydroxylation sites is 1. The van der Waals surface area contributed by atoms with E-state index in [0.717, 1.165) is 6.42 Å². The molecule has 0 N–H and O–H groups in total. The average molecular weight is 233 g/mol. The lowest BCUT2D eigenvalue weighted by atomic mass is 10.0. The quantitative estimate of drug-likeness (QED) is 0.431. The molecule has 1 heteroatoms. The zero-order valence-electron chi connectivity index (χ0n) is 10.7. The molecule has 0 bridgehead atoms. The molecule has 1 heterocycles. The van der Waals surface area contributed by atoms with Crippen LogP contribution >= 0.6 is 0 Å². The molecule has 4 rings (SSSR count). The van der Waals surface area contributed by atoms with Gasteiger partial charge in [0.05, 0.1) is 0 Å². The first kappa shape index (κ1) is 9.95. The summed E-state index contributed by atoms with van der Waals surface area (Å²) in [6, 6.07) is 15.5. The lowest BCUT2D eigenvalue weighted by Crippen LogP contribution is -1.94. The van der Waals surface area contributed by atoms with Gasteiger partial charge in [0.15, 0.2) is 0 Å². The van der Waals surface area contributed by atoms with E-state index in [1.54, 1.807) is 0 Å². The van der Waals surface area contributed by atoms with Crippen molar-refractivity contribution in [1.29, 1.82) is 0 Å².